The summed E-state index contributed by atoms with van der Waals surface area (Å²) in [5.74, 6) is 0.510. The molecule has 2 aromatic carbocycles. The minimum absolute atomic E-state index is 0.00503. The van der Waals surface area contributed by atoms with Gasteiger partial charge in [-0.25, -0.2) is 4.39 Å². The molecule has 156 valence electrons. The van der Waals surface area contributed by atoms with E-state index in [9.17, 15) is 9.18 Å². The maximum absolute atomic E-state index is 13.1. The maximum Gasteiger partial charge on any atom is 0.230 e. The van der Waals surface area contributed by atoms with E-state index in [0.717, 1.165) is 41.6 Å². The van der Waals surface area contributed by atoms with Crippen molar-refractivity contribution in [2.45, 2.75) is 29.5 Å². The predicted octanol–water partition coefficient (Wildman–Crippen LogP) is 4.82. The van der Waals surface area contributed by atoms with Gasteiger partial charge in [-0.1, -0.05) is 65.6 Å². The zero-order valence-electron chi connectivity index (χ0n) is 16.5. The number of benzene rings is 2. The number of rotatable bonds is 7. The highest BCUT2D eigenvalue weighted by Crippen LogP contribution is 2.29. The number of halogens is 1. The fourth-order valence-corrected chi connectivity index (χ4v) is 5.22. The van der Waals surface area contributed by atoms with Crippen molar-refractivity contribution < 1.29 is 9.18 Å². The van der Waals surface area contributed by atoms with Gasteiger partial charge in [0.25, 0.3) is 0 Å². The number of piperidine rings is 1. The quantitative estimate of drug-likeness (QED) is 0.420. The van der Waals surface area contributed by atoms with Crippen LogP contribution in [0.1, 0.15) is 24.0 Å². The van der Waals surface area contributed by atoms with Crippen LogP contribution in [0.2, 0.25) is 0 Å². The average molecular weight is 443 g/mol. The standard InChI is InChI=1S/C22H23FN4OS2/c23-19-10-8-16(9-11-19)13-27-12-4-7-18(14-27)20(28)24-21-25-26-22(30-21)29-15-17-5-2-1-3-6-17/h1-3,5-6,8-11,18H,4,7,12-15H2,(H,24,25,28)/t18-/m0/s1. The van der Waals surface area contributed by atoms with E-state index in [-0.39, 0.29) is 17.6 Å². The van der Waals surface area contributed by atoms with Crippen LogP contribution in [0.5, 0.6) is 0 Å². The Morgan fingerprint density at radius 2 is 1.93 bits per heavy atom. The van der Waals surface area contributed by atoms with E-state index in [1.165, 1.54) is 29.0 Å². The fourth-order valence-electron chi connectivity index (χ4n) is 3.51. The summed E-state index contributed by atoms with van der Waals surface area (Å²) in [5.41, 5.74) is 2.29. The Morgan fingerprint density at radius 3 is 2.73 bits per heavy atom. The lowest BCUT2D eigenvalue weighted by molar-refractivity contribution is -0.121. The third kappa shape index (κ3) is 5.87. The van der Waals surface area contributed by atoms with E-state index in [1.807, 2.05) is 18.2 Å². The number of carbonyl (C=O) groups excluding carboxylic acids is 1. The number of amides is 1. The Balaban J connectivity index is 1.28. The molecule has 8 heteroatoms. The van der Waals surface area contributed by atoms with Crippen molar-refractivity contribution in [3.8, 4) is 0 Å². The van der Waals surface area contributed by atoms with Crippen LogP contribution in [-0.2, 0) is 17.1 Å². The van der Waals surface area contributed by atoms with E-state index in [1.54, 1.807) is 23.9 Å². The summed E-state index contributed by atoms with van der Waals surface area (Å²) in [6, 6.07) is 16.8. The molecule has 1 saturated heterocycles. The SMILES string of the molecule is O=C(Nc1nnc(SCc2ccccc2)s1)[C@H]1CCCN(Cc2ccc(F)cc2)C1. The van der Waals surface area contributed by atoms with E-state index in [2.05, 4.69) is 32.5 Å². The van der Waals surface area contributed by atoms with Gasteiger partial charge in [0.1, 0.15) is 5.82 Å². The molecule has 5 nitrogen and oxygen atoms in total. The van der Waals surface area contributed by atoms with Gasteiger partial charge >= 0.3 is 0 Å². The predicted molar refractivity (Wildman–Crippen MR) is 119 cm³/mol. The van der Waals surface area contributed by atoms with Crippen molar-refractivity contribution >= 4 is 34.1 Å². The molecule has 1 amide bonds. The zero-order valence-corrected chi connectivity index (χ0v) is 18.1. The van der Waals surface area contributed by atoms with Gasteiger partial charge in [-0.05, 0) is 42.6 Å². The summed E-state index contributed by atoms with van der Waals surface area (Å²) in [7, 11) is 0. The third-order valence-electron chi connectivity index (χ3n) is 5.04. The lowest BCUT2D eigenvalue weighted by Gasteiger charge is -2.31. The van der Waals surface area contributed by atoms with Crippen LogP contribution in [0.15, 0.2) is 58.9 Å². The first-order valence-electron chi connectivity index (χ1n) is 9.93. The van der Waals surface area contributed by atoms with Gasteiger partial charge in [0.15, 0.2) is 4.34 Å². The summed E-state index contributed by atoms with van der Waals surface area (Å²) < 4.78 is 13.9. The molecular formula is C22H23FN4OS2. The number of nitrogens with zero attached hydrogens (tertiary/aromatic N) is 3. The summed E-state index contributed by atoms with van der Waals surface area (Å²) >= 11 is 3.03. The minimum atomic E-state index is -0.229. The molecule has 30 heavy (non-hydrogen) atoms. The molecule has 0 saturated carbocycles. The molecule has 1 fully saturated rings. The molecule has 0 unspecified atom stereocenters. The topological polar surface area (TPSA) is 58.1 Å². The average Bonchev–Trinajstić information content (AvgIpc) is 3.22. The van der Waals surface area contributed by atoms with Gasteiger partial charge in [-0.15, -0.1) is 10.2 Å². The second-order valence-electron chi connectivity index (χ2n) is 7.34. The number of thioether (sulfide) groups is 1. The van der Waals surface area contributed by atoms with Crippen LogP contribution in [-0.4, -0.2) is 34.1 Å². The van der Waals surface area contributed by atoms with Crippen LogP contribution in [0, 0.1) is 11.7 Å². The minimum Gasteiger partial charge on any atom is -0.300 e. The molecule has 1 atom stereocenters. The Hall–Kier alpha value is -2.29. The first-order valence-corrected chi connectivity index (χ1v) is 11.7. The second-order valence-corrected chi connectivity index (χ2v) is 9.54. The molecule has 1 aliphatic heterocycles. The summed E-state index contributed by atoms with van der Waals surface area (Å²) in [6.07, 6.45) is 1.83. The van der Waals surface area contributed by atoms with Gasteiger partial charge in [-0.3, -0.25) is 9.69 Å². The summed E-state index contributed by atoms with van der Waals surface area (Å²) in [4.78, 5) is 15.0. The normalized spacial score (nSPS) is 17.0. The highest BCUT2D eigenvalue weighted by atomic mass is 32.2. The van der Waals surface area contributed by atoms with Crippen LogP contribution < -0.4 is 5.32 Å². The Bertz CT molecular complexity index is 965. The molecule has 4 rings (SSSR count). The van der Waals surface area contributed by atoms with E-state index < -0.39 is 0 Å². The monoisotopic (exact) mass is 442 g/mol. The molecule has 0 spiro atoms. The first kappa shape index (κ1) is 21.0. The van der Waals surface area contributed by atoms with Gasteiger partial charge in [0.05, 0.1) is 5.92 Å². The first-order chi connectivity index (χ1) is 14.7. The molecule has 0 aliphatic carbocycles. The largest absolute Gasteiger partial charge is 0.300 e. The van der Waals surface area contributed by atoms with Crippen molar-refractivity contribution in [3.63, 3.8) is 0 Å². The van der Waals surface area contributed by atoms with Gasteiger partial charge < -0.3 is 5.32 Å². The van der Waals surface area contributed by atoms with Crippen molar-refractivity contribution in [1.29, 1.82) is 0 Å². The zero-order chi connectivity index (χ0) is 20.8. The molecule has 1 aliphatic rings. The van der Waals surface area contributed by atoms with Gasteiger partial charge in [0.2, 0.25) is 11.0 Å². The third-order valence-corrected chi connectivity index (χ3v) is 7.08. The number of nitrogens with one attached hydrogen (secondary N) is 1. The smallest absolute Gasteiger partial charge is 0.230 e. The Morgan fingerprint density at radius 1 is 1.13 bits per heavy atom. The van der Waals surface area contributed by atoms with E-state index in [0.29, 0.717) is 11.7 Å². The maximum atomic E-state index is 13.1. The van der Waals surface area contributed by atoms with Crippen LogP contribution in [0.25, 0.3) is 0 Å². The number of anilines is 1. The summed E-state index contributed by atoms with van der Waals surface area (Å²) in [5, 5.41) is 11.8. The highest BCUT2D eigenvalue weighted by Gasteiger charge is 2.26. The number of hydrogen-bond acceptors (Lipinski definition) is 6. The van der Waals surface area contributed by atoms with Gasteiger partial charge in [-0.2, -0.15) is 0 Å². The van der Waals surface area contributed by atoms with Crippen LogP contribution in [0.3, 0.4) is 0 Å². The Kier molecular flexibility index (Phi) is 7.09. The fraction of sp³-hybridized carbons (Fsp3) is 0.318. The van der Waals surface area contributed by atoms with Crippen molar-refractivity contribution in [2.75, 3.05) is 18.4 Å². The van der Waals surface area contributed by atoms with Crippen molar-refractivity contribution in [2.24, 2.45) is 5.92 Å². The number of carbonyl (C=O) groups is 1. The molecule has 0 bridgehead atoms. The second kappa shape index (κ2) is 10.1. The van der Waals surface area contributed by atoms with Gasteiger partial charge in [0, 0.05) is 18.8 Å². The van der Waals surface area contributed by atoms with Crippen LogP contribution in [0.4, 0.5) is 9.52 Å². The highest BCUT2D eigenvalue weighted by molar-refractivity contribution is 8.00. The van der Waals surface area contributed by atoms with Crippen LogP contribution >= 0.6 is 23.1 Å². The van der Waals surface area contributed by atoms with Crippen molar-refractivity contribution in [1.82, 2.24) is 15.1 Å². The molecule has 2 heterocycles. The van der Waals surface area contributed by atoms with E-state index in [4.69, 9.17) is 0 Å². The molecule has 0 radical (unpaired) electrons. The number of hydrogen-bond donors (Lipinski definition) is 1. The molecule has 1 aromatic heterocycles. The number of aromatic nitrogens is 2. The lowest BCUT2D eigenvalue weighted by atomic mass is 9.97. The molecule has 3 aromatic rings. The number of likely N-dealkylation sites (tertiary alicyclic amines) is 1. The van der Waals surface area contributed by atoms with Crippen molar-refractivity contribution in [3.05, 3.63) is 71.5 Å². The molecular weight excluding hydrogens is 419 g/mol. The molecule has 1 N–H and O–H groups in total. The van der Waals surface area contributed by atoms with E-state index >= 15 is 0 Å². The lowest BCUT2D eigenvalue weighted by Crippen LogP contribution is -2.40. The summed E-state index contributed by atoms with van der Waals surface area (Å²) in [6.45, 7) is 2.36. The Labute approximate surface area is 183 Å².